The van der Waals surface area contributed by atoms with E-state index in [1.54, 1.807) is 0 Å². The van der Waals surface area contributed by atoms with Gasteiger partial charge in [-0.05, 0) is 41.5 Å². The lowest BCUT2D eigenvalue weighted by molar-refractivity contribution is -1.17. The van der Waals surface area contributed by atoms with Crippen molar-refractivity contribution in [2.75, 3.05) is 39.3 Å². The minimum atomic E-state index is 0.203. The summed E-state index contributed by atoms with van der Waals surface area (Å²) in [5.41, 5.74) is 0. The molecule has 4 nitrogen and oxygen atoms in total. The molecule has 25 heavy (non-hydrogen) atoms. The summed E-state index contributed by atoms with van der Waals surface area (Å²) in [6, 6.07) is 2.71. The van der Waals surface area contributed by atoms with E-state index in [1.807, 2.05) is 0 Å². The molecule has 4 heteroatoms. The van der Waals surface area contributed by atoms with Crippen molar-refractivity contribution in [2.45, 2.75) is 97.3 Å². The van der Waals surface area contributed by atoms with E-state index in [-0.39, 0.29) is 5.91 Å². The molecule has 0 N–H and O–H groups in total. The lowest BCUT2D eigenvalue weighted by atomic mass is 10.1. The number of fused-ring (bicyclic) bond motifs is 2. The number of hydrogen-bond donors (Lipinski definition) is 0. The average molecular weight is 351 g/mol. The Balaban J connectivity index is 1.98. The van der Waals surface area contributed by atoms with Crippen LogP contribution in [-0.4, -0.2) is 88.1 Å². The molecule has 4 aliphatic heterocycles. The van der Waals surface area contributed by atoms with Crippen LogP contribution in [0.2, 0.25) is 0 Å². The highest BCUT2D eigenvalue weighted by Gasteiger charge is 2.82. The van der Waals surface area contributed by atoms with Crippen LogP contribution in [0.15, 0.2) is 0 Å². The number of quaternary nitrogens is 2. The maximum atomic E-state index is 3.01. The van der Waals surface area contributed by atoms with E-state index in [2.05, 4.69) is 51.3 Å². The van der Waals surface area contributed by atoms with E-state index in [4.69, 9.17) is 0 Å². The Labute approximate surface area is 155 Å². The topological polar surface area (TPSA) is 6.48 Å². The van der Waals surface area contributed by atoms with Crippen LogP contribution in [-0.2, 0) is 0 Å². The van der Waals surface area contributed by atoms with Crippen molar-refractivity contribution in [1.29, 1.82) is 0 Å². The fraction of sp³-hybridized carbons (Fsp3) is 1.00. The van der Waals surface area contributed by atoms with Gasteiger partial charge in [-0.3, -0.25) is 0 Å². The monoisotopic (exact) mass is 350 g/mol. The van der Waals surface area contributed by atoms with Crippen molar-refractivity contribution in [3.05, 3.63) is 0 Å². The predicted molar refractivity (Wildman–Crippen MR) is 104 cm³/mol. The summed E-state index contributed by atoms with van der Waals surface area (Å²) in [4.78, 5) is 5.99. The van der Waals surface area contributed by atoms with Gasteiger partial charge < -0.3 is 0 Å². The van der Waals surface area contributed by atoms with Crippen molar-refractivity contribution in [3.63, 3.8) is 0 Å². The molecule has 0 amide bonds. The Morgan fingerprint density at radius 3 is 1.92 bits per heavy atom. The van der Waals surface area contributed by atoms with Crippen LogP contribution in [0.1, 0.15) is 67.2 Å². The molecule has 4 heterocycles. The molecule has 0 saturated carbocycles. The van der Waals surface area contributed by atoms with Crippen LogP contribution in [0.5, 0.6) is 0 Å². The van der Waals surface area contributed by atoms with Crippen LogP contribution in [0.25, 0.3) is 0 Å². The quantitative estimate of drug-likeness (QED) is 0.706. The van der Waals surface area contributed by atoms with Gasteiger partial charge in [0.2, 0.25) is 0 Å². The van der Waals surface area contributed by atoms with E-state index in [9.17, 15) is 0 Å². The van der Waals surface area contributed by atoms with E-state index in [0.29, 0.717) is 18.1 Å². The minimum Gasteiger partial charge on any atom is -0.241 e. The molecule has 0 aromatic carbocycles. The van der Waals surface area contributed by atoms with Gasteiger partial charge in [0.1, 0.15) is 12.6 Å². The summed E-state index contributed by atoms with van der Waals surface area (Å²) in [7, 11) is 0. The van der Waals surface area contributed by atoms with Crippen molar-refractivity contribution >= 4 is 0 Å². The normalized spacial score (nSPS) is 40.8. The average Bonchev–Trinajstić information content (AvgIpc) is 3.27. The van der Waals surface area contributed by atoms with Crippen LogP contribution in [0.4, 0.5) is 0 Å². The summed E-state index contributed by atoms with van der Waals surface area (Å²) >= 11 is 0. The summed E-state index contributed by atoms with van der Waals surface area (Å²) < 4.78 is 2.74. The van der Waals surface area contributed by atoms with Gasteiger partial charge in [0.15, 0.2) is 0 Å². The largest absolute Gasteiger partial charge is 0.357 e. The highest BCUT2D eigenvalue weighted by Crippen LogP contribution is 2.57. The third kappa shape index (κ3) is 2.03. The van der Waals surface area contributed by atoms with Crippen molar-refractivity contribution < 1.29 is 8.97 Å². The molecular formula is C21H42N4+2. The van der Waals surface area contributed by atoms with Gasteiger partial charge in [-0.25, -0.2) is 8.97 Å². The second-order valence-electron chi connectivity index (χ2n) is 10.2. The van der Waals surface area contributed by atoms with Gasteiger partial charge in [0.05, 0.1) is 38.8 Å². The molecule has 3 unspecified atom stereocenters. The van der Waals surface area contributed by atoms with Gasteiger partial charge in [0.25, 0.3) is 0 Å². The van der Waals surface area contributed by atoms with Crippen molar-refractivity contribution in [1.82, 2.24) is 9.80 Å². The lowest BCUT2D eigenvalue weighted by Gasteiger charge is -2.58. The molecule has 3 atom stereocenters. The van der Waals surface area contributed by atoms with Crippen LogP contribution in [0.3, 0.4) is 0 Å². The third-order valence-corrected chi connectivity index (χ3v) is 8.33. The molecule has 4 fully saturated rings. The molecule has 3 spiro atoms. The lowest BCUT2D eigenvalue weighted by Crippen LogP contribution is -2.84. The van der Waals surface area contributed by atoms with Gasteiger partial charge >= 0.3 is 5.91 Å². The van der Waals surface area contributed by atoms with Gasteiger partial charge in [-0.1, -0.05) is 0 Å². The smallest absolute Gasteiger partial charge is 0.241 e. The Morgan fingerprint density at radius 2 is 1.40 bits per heavy atom. The Kier molecular flexibility index (Phi) is 4.31. The van der Waals surface area contributed by atoms with E-state index in [0.717, 1.165) is 6.04 Å². The Bertz CT molecular complexity index is 504. The first-order valence-electron chi connectivity index (χ1n) is 11.1. The molecule has 0 radical (unpaired) electrons. The second kappa shape index (κ2) is 5.92. The van der Waals surface area contributed by atoms with Crippen LogP contribution in [0, 0.1) is 0 Å². The highest BCUT2D eigenvalue weighted by atomic mass is 15.9. The fourth-order valence-corrected chi connectivity index (χ4v) is 7.92. The molecule has 0 aromatic heterocycles. The summed E-state index contributed by atoms with van der Waals surface area (Å²) in [5.74, 6) is 0.203. The molecular weight excluding hydrogens is 308 g/mol. The molecule has 0 bridgehead atoms. The third-order valence-electron chi connectivity index (χ3n) is 8.33. The van der Waals surface area contributed by atoms with Gasteiger partial charge in [0, 0.05) is 37.8 Å². The summed E-state index contributed by atoms with van der Waals surface area (Å²) in [5, 5.41) is 0. The first kappa shape index (κ1) is 18.2. The molecule has 4 aliphatic rings. The minimum absolute atomic E-state index is 0.203. The molecule has 4 rings (SSSR count). The van der Waals surface area contributed by atoms with Crippen LogP contribution < -0.4 is 0 Å². The molecule has 0 aliphatic carbocycles. The number of rotatable bonds is 2. The molecule has 0 aromatic rings. The second-order valence-corrected chi connectivity index (χ2v) is 10.2. The van der Waals surface area contributed by atoms with Crippen LogP contribution >= 0.6 is 0 Å². The highest BCUT2D eigenvalue weighted by molar-refractivity contribution is 4.97. The van der Waals surface area contributed by atoms with Crippen molar-refractivity contribution in [2.24, 2.45) is 0 Å². The van der Waals surface area contributed by atoms with E-state index >= 15 is 0 Å². The number of hydrogen-bond acceptors (Lipinski definition) is 2. The SMILES string of the molecule is CC(C)N1CC(C)[N+]2(CCCC2)C12N(C(C)C)C(C)C[N+]21CCCC1. The standard InChI is InChI=1S/C21H42N4/c1-17(2)22-15-20(6)25(13-9-10-14-25)21(22)23(18(3)4)19(5)16-24(21)11-7-8-12-24/h17-20H,7-16H2,1-6H3/q+2. The van der Waals surface area contributed by atoms with E-state index < -0.39 is 0 Å². The predicted octanol–water partition coefficient (Wildman–Crippen LogP) is 3.04. The Morgan fingerprint density at radius 1 is 0.840 bits per heavy atom. The maximum absolute atomic E-state index is 3.01. The molecule has 4 saturated heterocycles. The zero-order valence-corrected chi connectivity index (χ0v) is 17.7. The first-order valence-corrected chi connectivity index (χ1v) is 11.1. The maximum Gasteiger partial charge on any atom is 0.357 e. The summed E-state index contributed by atoms with van der Waals surface area (Å²) in [6.45, 7) is 23.2. The zero-order valence-electron chi connectivity index (χ0n) is 17.7. The van der Waals surface area contributed by atoms with E-state index in [1.165, 1.54) is 73.9 Å². The van der Waals surface area contributed by atoms with Gasteiger partial charge in [-0.2, -0.15) is 9.80 Å². The summed E-state index contributed by atoms with van der Waals surface area (Å²) in [6.07, 6.45) is 5.72. The van der Waals surface area contributed by atoms with Crippen molar-refractivity contribution in [3.8, 4) is 0 Å². The Hall–Kier alpha value is -0.160. The van der Waals surface area contributed by atoms with Gasteiger partial charge in [-0.15, -0.1) is 0 Å². The molecule has 144 valence electrons. The first-order chi connectivity index (χ1) is 11.8. The zero-order chi connectivity index (χ0) is 18.0. The number of nitrogens with zero attached hydrogens (tertiary/aromatic N) is 4. The fourth-order valence-electron chi connectivity index (χ4n) is 7.92.